The largest absolute Gasteiger partial charge is 0.494 e. The van der Waals surface area contributed by atoms with Crippen LogP contribution in [0.5, 0.6) is 5.75 Å². The zero-order chi connectivity index (χ0) is 11.9. The summed E-state index contributed by atoms with van der Waals surface area (Å²) in [5.41, 5.74) is 0. The highest BCUT2D eigenvalue weighted by molar-refractivity contribution is 7.97. The summed E-state index contributed by atoms with van der Waals surface area (Å²) in [5.74, 6) is 3.35. The molecule has 0 unspecified atom stereocenters. The molecule has 1 aliphatic heterocycles. The second-order valence-electron chi connectivity index (χ2n) is 4.19. The van der Waals surface area contributed by atoms with Crippen LogP contribution in [0.15, 0.2) is 29.2 Å². The van der Waals surface area contributed by atoms with Crippen LogP contribution in [0, 0.1) is 0 Å². The summed E-state index contributed by atoms with van der Waals surface area (Å²) in [5, 5.41) is 0. The highest BCUT2D eigenvalue weighted by Crippen LogP contribution is 2.20. The smallest absolute Gasteiger partial charge is 0.155 e. The van der Waals surface area contributed by atoms with Gasteiger partial charge in [0.2, 0.25) is 0 Å². The van der Waals surface area contributed by atoms with E-state index < -0.39 is 0 Å². The first-order valence-corrected chi connectivity index (χ1v) is 7.94. The molecule has 1 saturated heterocycles. The monoisotopic (exact) mass is 253 g/mol. The normalized spacial score (nSPS) is 17.0. The fourth-order valence-electron chi connectivity index (χ4n) is 1.82. The molecule has 0 N–H and O–H groups in total. The van der Waals surface area contributed by atoms with Gasteiger partial charge in [-0.15, -0.1) is 0 Å². The molecular formula is C14H21O2S+. The van der Waals surface area contributed by atoms with E-state index in [1.165, 1.54) is 22.8 Å². The summed E-state index contributed by atoms with van der Waals surface area (Å²) < 4.78 is 11.1. The van der Waals surface area contributed by atoms with Crippen LogP contribution in [0.1, 0.15) is 19.8 Å². The molecule has 3 heteroatoms. The van der Waals surface area contributed by atoms with Gasteiger partial charge < -0.3 is 9.47 Å². The van der Waals surface area contributed by atoms with E-state index in [1.54, 1.807) is 0 Å². The molecule has 94 valence electrons. The number of unbranched alkanes of at least 4 members (excludes halogenated alkanes) is 1. The van der Waals surface area contributed by atoms with Crippen LogP contribution >= 0.6 is 0 Å². The van der Waals surface area contributed by atoms with Gasteiger partial charge in [-0.1, -0.05) is 13.3 Å². The van der Waals surface area contributed by atoms with E-state index in [9.17, 15) is 0 Å². The van der Waals surface area contributed by atoms with Crippen molar-refractivity contribution in [1.29, 1.82) is 0 Å². The Morgan fingerprint density at radius 2 is 1.88 bits per heavy atom. The van der Waals surface area contributed by atoms with Gasteiger partial charge >= 0.3 is 0 Å². The van der Waals surface area contributed by atoms with Gasteiger partial charge in [-0.05, 0) is 30.7 Å². The van der Waals surface area contributed by atoms with Crippen LogP contribution < -0.4 is 4.74 Å². The molecule has 1 fully saturated rings. The molecule has 2 rings (SSSR count). The van der Waals surface area contributed by atoms with E-state index >= 15 is 0 Å². The Morgan fingerprint density at radius 1 is 1.18 bits per heavy atom. The third-order valence-electron chi connectivity index (χ3n) is 2.87. The van der Waals surface area contributed by atoms with E-state index in [0.717, 1.165) is 32.0 Å². The molecule has 0 spiro atoms. The lowest BCUT2D eigenvalue weighted by molar-refractivity contribution is 0.159. The topological polar surface area (TPSA) is 18.5 Å². The third kappa shape index (κ3) is 3.93. The van der Waals surface area contributed by atoms with Crippen molar-refractivity contribution in [3.8, 4) is 5.75 Å². The molecule has 1 aromatic carbocycles. The predicted molar refractivity (Wildman–Crippen MR) is 73.0 cm³/mol. The van der Waals surface area contributed by atoms with Crippen LogP contribution in [0.2, 0.25) is 0 Å². The Labute approximate surface area is 107 Å². The molecule has 0 amide bonds. The van der Waals surface area contributed by atoms with Gasteiger partial charge in [0.05, 0.1) is 19.8 Å². The number of hydrogen-bond acceptors (Lipinski definition) is 2. The molecule has 1 aliphatic rings. The maximum Gasteiger partial charge on any atom is 0.155 e. The van der Waals surface area contributed by atoms with Crippen molar-refractivity contribution in [3.63, 3.8) is 0 Å². The van der Waals surface area contributed by atoms with Crippen LogP contribution in [0.4, 0.5) is 0 Å². The van der Waals surface area contributed by atoms with E-state index in [0.29, 0.717) is 10.9 Å². The second kappa shape index (κ2) is 6.92. The van der Waals surface area contributed by atoms with Crippen LogP contribution in [-0.4, -0.2) is 31.3 Å². The van der Waals surface area contributed by atoms with Crippen molar-refractivity contribution in [3.05, 3.63) is 24.3 Å². The van der Waals surface area contributed by atoms with Crippen LogP contribution in [0.25, 0.3) is 0 Å². The van der Waals surface area contributed by atoms with E-state index in [4.69, 9.17) is 9.47 Å². The average Bonchev–Trinajstić information content (AvgIpc) is 2.41. The lowest BCUT2D eigenvalue weighted by Crippen LogP contribution is -2.26. The van der Waals surface area contributed by atoms with Gasteiger partial charge in [-0.2, -0.15) is 0 Å². The summed E-state index contributed by atoms with van der Waals surface area (Å²) in [6, 6.07) is 8.65. The molecule has 1 aromatic rings. The molecule has 0 atom stereocenters. The van der Waals surface area contributed by atoms with Gasteiger partial charge in [-0.3, -0.25) is 0 Å². The maximum absolute atomic E-state index is 5.67. The van der Waals surface area contributed by atoms with E-state index in [1.807, 2.05) is 0 Å². The quantitative estimate of drug-likeness (QED) is 0.593. The summed E-state index contributed by atoms with van der Waals surface area (Å²) >= 11 is 0. The van der Waals surface area contributed by atoms with Gasteiger partial charge in [-0.25, -0.2) is 0 Å². The molecule has 17 heavy (non-hydrogen) atoms. The Morgan fingerprint density at radius 3 is 2.53 bits per heavy atom. The fraction of sp³-hybridized carbons (Fsp3) is 0.571. The zero-order valence-electron chi connectivity index (χ0n) is 10.5. The first-order valence-electron chi connectivity index (χ1n) is 6.38. The van der Waals surface area contributed by atoms with E-state index in [-0.39, 0.29) is 0 Å². The number of rotatable bonds is 5. The molecular weight excluding hydrogens is 232 g/mol. The first kappa shape index (κ1) is 12.8. The Balaban J connectivity index is 1.88. The third-order valence-corrected chi connectivity index (χ3v) is 5.13. The van der Waals surface area contributed by atoms with E-state index in [2.05, 4.69) is 31.2 Å². The van der Waals surface area contributed by atoms with Crippen molar-refractivity contribution in [2.45, 2.75) is 24.7 Å². The van der Waals surface area contributed by atoms with Gasteiger partial charge in [0.1, 0.15) is 17.3 Å². The molecule has 1 heterocycles. The first-order chi connectivity index (χ1) is 8.40. The predicted octanol–water partition coefficient (Wildman–Crippen LogP) is 2.87. The molecule has 2 nitrogen and oxygen atoms in total. The summed E-state index contributed by atoms with van der Waals surface area (Å²) in [6.45, 7) is 4.84. The molecule has 0 bridgehead atoms. The standard InChI is InChI=1S/C14H21O2S/c1-2-3-8-16-13-4-6-14(7-5-13)17-11-9-15-10-12-17/h4-7H,2-3,8-12H2,1H3/q+1. The minimum absolute atomic E-state index is 0.396. The summed E-state index contributed by atoms with van der Waals surface area (Å²) in [7, 11) is 0.396. The number of hydrogen-bond donors (Lipinski definition) is 0. The minimum atomic E-state index is 0.396. The molecule has 0 aliphatic carbocycles. The van der Waals surface area contributed by atoms with Crippen molar-refractivity contribution in [1.82, 2.24) is 0 Å². The minimum Gasteiger partial charge on any atom is -0.494 e. The van der Waals surface area contributed by atoms with Crippen LogP contribution in [-0.2, 0) is 15.6 Å². The molecule has 0 aromatic heterocycles. The fourth-order valence-corrected chi connectivity index (χ4v) is 3.66. The highest BCUT2D eigenvalue weighted by atomic mass is 32.2. The Hall–Kier alpha value is -0.670. The summed E-state index contributed by atoms with van der Waals surface area (Å²) in [4.78, 5) is 1.45. The van der Waals surface area contributed by atoms with Crippen LogP contribution in [0.3, 0.4) is 0 Å². The lowest BCUT2D eigenvalue weighted by atomic mass is 10.3. The van der Waals surface area contributed by atoms with Gasteiger partial charge in [0.15, 0.2) is 4.90 Å². The highest BCUT2D eigenvalue weighted by Gasteiger charge is 2.24. The van der Waals surface area contributed by atoms with Crippen molar-refractivity contribution in [2.75, 3.05) is 31.3 Å². The molecule has 0 radical (unpaired) electrons. The second-order valence-corrected chi connectivity index (χ2v) is 6.46. The van der Waals surface area contributed by atoms with Crippen molar-refractivity contribution >= 4 is 10.9 Å². The van der Waals surface area contributed by atoms with Crippen molar-refractivity contribution in [2.24, 2.45) is 0 Å². The van der Waals surface area contributed by atoms with Gasteiger partial charge in [0.25, 0.3) is 0 Å². The average molecular weight is 253 g/mol. The summed E-state index contributed by atoms with van der Waals surface area (Å²) in [6.07, 6.45) is 2.31. The molecule has 0 saturated carbocycles. The number of ether oxygens (including phenoxy) is 2. The SMILES string of the molecule is CCCCOc1ccc([S+]2CCOCC2)cc1. The maximum atomic E-state index is 5.67. The number of benzene rings is 1. The lowest BCUT2D eigenvalue weighted by Gasteiger charge is -2.14. The zero-order valence-corrected chi connectivity index (χ0v) is 11.3. The Kier molecular flexibility index (Phi) is 5.20. The van der Waals surface area contributed by atoms with Gasteiger partial charge in [0, 0.05) is 10.9 Å². The van der Waals surface area contributed by atoms with Crippen molar-refractivity contribution < 1.29 is 9.47 Å². The Bertz CT molecular complexity index is 317.